The molecule has 0 aromatic rings. The third kappa shape index (κ3) is 4.49. The van der Waals surface area contributed by atoms with Gasteiger partial charge >= 0.3 is 0 Å². The molecule has 1 nitrogen and oxygen atoms in total. The molecule has 0 N–H and O–H groups in total. The Labute approximate surface area is 107 Å². The third-order valence-electron chi connectivity index (χ3n) is 3.05. The van der Waals surface area contributed by atoms with E-state index in [1.54, 1.807) is 0 Å². The smallest absolute Gasteiger partial charge is 0.0457 e. The second-order valence-electron chi connectivity index (χ2n) is 7.61. The summed E-state index contributed by atoms with van der Waals surface area (Å²) in [5.41, 5.74) is 1.75. The lowest BCUT2D eigenvalue weighted by Crippen LogP contribution is -2.28. The highest BCUT2D eigenvalue weighted by molar-refractivity contribution is 6.00. The summed E-state index contributed by atoms with van der Waals surface area (Å²) in [6, 6.07) is 0. The van der Waals surface area contributed by atoms with Crippen molar-refractivity contribution in [2.45, 2.75) is 54.9 Å². The van der Waals surface area contributed by atoms with Gasteiger partial charge in [0, 0.05) is 22.7 Å². The molecular weight excluding hydrogens is 206 g/mol. The first-order chi connectivity index (χ1) is 7.52. The zero-order valence-electron chi connectivity index (χ0n) is 12.5. The number of hydrogen-bond donors (Lipinski definition) is 0. The molecule has 0 aliphatic carbocycles. The molecule has 1 heteroatoms. The second kappa shape index (κ2) is 4.44. The third-order valence-corrected chi connectivity index (χ3v) is 3.05. The summed E-state index contributed by atoms with van der Waals surface area (Å²) in [7, 11) is 0. The maximum atomic E-state index is 4.62. The normalized spacial score (nSPS) is 20.1. The molecule has 0 bridgehead atoms. The van der Waals surface area contributed by atoms with E-state index in [9.17, 15) is 0 Å². The Hall–Kier alpha value is -0.850. The van der Waals surface area contributed by atoms with E-state index in [4.69, 9.17) is 0 Å². The first-order valence-corrected chi connectivity index (χ1v) is 6.47. The molecular formula is C16H27N. The minimum Gasteiger partial charge on any atom is -0.261 e. The van der Waals surface area contributed by atoms with Crippen molar-refractivity contribution in [2.75, 3.05) is 0 Å². The fourth-order valence-electron chi connectivity index (χ4n) is 2.52. The Morgan fingerprint density at radius 2 is 1.65 bits per heavy atom. The molecule has 96 valence electrons. The highest BCUT2D eigenvalue weighted by Crippen LogP contribution is 2.36. The van der Waals surface area contributed by atoms with E-state index in [2.05, 4.69) is 71.7 Å². The van der Waals surface area contributed by atoms with Crippen molar-refractivity contribution < 1.29 is 0 Å². The van der Waals surface area contributed by atoms with Gasteiger partial charge in [-0.05, 0) is 17.9 Å². The first kappa shape index (κ1) is 14.2. The summed E-state index contributed by atoms with van der Waals surface area (Å²) in [5, 5.41) is 0. The van der Waals surface area contributed by atoms with E-state index in [0.717, 1.165) is 6.42 Å². The zero-order valence-corrected chi connectivity index (χ0v) is 12.5. The zero-order chi connectivity index (χ0) is 13.3. The Kier molecular flexibility index (Phi) is 3.71. The molecule has 17 heavy (non-hydrogen) atoms. The van der Waals surface area contributed by atoms with E-state index in [0.29, 0.717) is 5.41 Å². The van der Waals surface area contributed by atoms with Gasteiger partial charge in [-0.15, -0.1) is 0 Å². The highest BCUT2D eigenvalue weighted by Gasteiger charge is 2.29. The van der Waals surface area contributed by atoms with Gasteiger partial charge in [-0.1, -0.05) is 60.6 Å². The Balaban J connectivity index is 2.94. The van der Waals surface area contributed by atoms with Gasteiger partial charge in [-0.3, -0.25) is 4.99 Å². The lowest BCUT2D eigenvalue weighted by molar-refractivity contribution is 0.279. The van der Waals surface area contributed by atoms with Crippen LogP contribution in [0.5, 0.6) is 0 Å². The maximum absolute atomic E-state index is 4.62. The number of allylic oxidation sites excluding steroid dienone is 3. The molecule has 1 aliphatic rings. The number of hydrogen-bond acceptors (Lipinski definition) is 1. The molecule has 0 atom stereocenters. The molecule has 0 saturated carbocycles. The van der Waals surface area contributed by atoms with Crippen LogP contribution in [-0.2, 0) is 0 Å². The van der Waals surface area contributed by atoms with Gasteiger partial charge in [0.2, 0.25) is 0 Å². The van der Waals surface area contributed by atoms with E-state index >= 15 is 0 Å². The van der Waals surface area contributed by atoms with Crippen molar-refractivity contribution in [3.63, 3.8) is 0 Å². The van der Waals surface area contributed by atoms with Crippen LogP contribution in [0, 0.1) is 16.2 Å². The van der Waals surface area contributed by atoms with E-state index in [1.165, 1.54) is 5.71 Å². The van der Waals surface area contributed by atoms with Crippen LogP contribution in [-0.4, -0.2) is 5.71 Å². The van der Waals surface area contributed by atoms with Crippen molar-refractivity contribution in [2.24, 2.45) is 21.2 Å². The minimum atomic E-state index is 0.114. The number of rotatable bonds is 2. The largest absolute Gasteiger partial charge is 0.261 e. The van der Waals surface area contributed by atoms with Crippen LogP contribution in [0.4, 0.5) is 0 Å². The Morgan fingerprint density at radius 3 is 2.18 bits per heavy atom. The molecule has 1 aliphatic heterocycles. The molecule has 0 saturated heterocycles. The number of nitrogens with zero attached hydrogens (tertiary/aromatic N) is 1. The first-order valence-electron chi connectivity index (χ1n) is 6.47. The van der Waals surface area contributed by atoms with Crippen molar-refractivity contribution in [1.29, 1.82) is 0 Å². The van der Waals surface area contributed by atoms with Gasteiger partial charge in [0.1, 0.15) is 0 Å². The van der Waals surface area contributed by atoms with Crippen LogP contribution < -0.4 is 0 Å². The second-order valence-corrected chi connectivity index (χ2v) is 7.61. The molecule has 0 amide bonds. The van der Waals surface area contributed by atoms with Crippen LogP contribution in [0.3, 0.4) is 0 Å². The van der Waals surface area contributed by atoms with Gasteiger partial charge in [-0.2, -0.15) is 0 Å². The van der Waals surface area contributed by atoms with Crippen molar-refractivity contribution >= 4 is 5.71 Å². The van der Waals surface area contributed by atoms with Gasteiger partial charge in [0.15, 0.2) is 0 Å². The predicted molar refractivity (Wildman–Crippen MR) is 77.3 cm³/mol. The average molecular weight is 233 g/mol. The Morgan fingerprint density at radius 1 is 1.06 bits per heavy atom. The van der Waals surface area contributed by atoms with Crippen LogP contribution in [0.25, 0.3) is 0 Å². The quantitative estimate of drug-likeness (QED) is 0.636. The van der Waals surface area contributed by atoms with E-state index in [1.807, 2.05) is 6.20 Å². The van der Waals surface area contributed by atoms with Crippen molar-refractivity contribution in [3.05, 3.63) is 24.4 Å². The lowest BCUT2D eigenvalue weighted by Gasteiger charge is -2.32. The van der Waals surface area contributed by atoms with Gasteiger partial charge in [0.25, 0.3) is 0 Å². The minimum absolute atomic E-state index is 0.114. The monoisotopic (exact) mass is 233 g/mol. The van der Waals surface area contributed by atoms with E-state index < -0.39 is 0 Å². The van der Waals surface area contributed by atoms with Gasteiger partial charge < -0.3 is 0 Å². The Bertz CT molecular complexity index is 359. The lowest BCUT2D eigenvalue weighted by atomic mass is 9.73. The van der Waals surface area contributed by atoms with Crippen LogP contribution in [0.15, 0.2) is 29.4 Å². The van der Waals surface area contributed by atoms with Crippen LogP contribution in [0.1, 0.15) is 54.9 Å². The summed E-state index contributed by atoms with van der Waals surface area (Å²) in [5.74, 6) is 0. The fraction of sp³-hybridized carbons (Fsp3) is 0.688. The predicted octanol–water partition coefficient (Wildman–Crippen LogP) is 5.00. The summed E-state index contributed by atoms with van der Waals surface area (Å²) in [6.07, 6.45) is 9.70. The standard InChI is InChI=1S/C16H27N/c1-14(2,3)12-16(6,7)13-8-9-15(4,5)10-11-17-13/h8-11H,12H2,1-7H3. The summed E-state index contributed by atoms with van der Waals surface area (Å²) >= 11 is 0. The van der Waals surface area contributed by atoms with Crippen LogP contribution >= 0.6 is 0 Å². The topological polar surface area (TPSA) is 12.4 Å². The average Bonchev–Trinajstić information content (AvgIpc) is 2.21. The molecule has 0 aromatic heterocycles. The molecule has 0 unspecified atom stereocenters. The van der Waals surface area contributed by atoms with E-state index in [-0.39, 0.29) is 10.8 Å². The molecule has 0 fully saturated rings. The van der Waals surface area contributed by atoms with Crippen molar-refractivity contribution in [3.8, 4) is 0 Å². The SMILES string of the molecule is CC1(C)C=CN=C(C(C)(C)CC(C)(C)C)C=C1. The molecule has 0 aromatic carbocycles. The summed E-state index contributed by atoms with van der Waals surface area (Å²) in [6.45, 7) is 15.8. The highest BCUT2D eigenvalue weighted by atomic mass is 14.7. The van der Waals surface area contributed by atoms with Gasteiger partial charge in [-0.25, -0.2) is 0 Å². The number of aliphatic imine (C=N–C) groups is 1. The molecule has 1 rings (SSSR count). The maximum Gasteiger partial charge on any atom is 0.0457 e. The molecule has 0 radical (unpaired) electrons. The molecule has 1 heterocycles. The summed E-state index contributed by atoms with van der Waals surface area (Å²) in [4.78, 5) is 4.62. The van der Waals surface area contributed by atoms with Crippen molar-refractivity contribution in [1.82, 2.24) is 0 Å². The van der Waals surface area contributed by atoms with Gasteiger partial charge in [0.05, 0.1) is 0 Å². The fourth-order valence-corrected chi connectivity index (χ4v) is 2.52. The molecule has 0 spiro atoms. The van der Waals surface area contributed by atoms with Crippen LogP contribution in [0.2, 0.25) is 0 Å². The summed E-state index contributed by atoms with van der Waals surface area (Å²) < 4.78 is 0.